The Bertz CT molecular complexity index is 746. The fourth-order valence-corrected chi connectivity index (χ4v) is 2.12. The lowest BCUT2D eigenvalue weighted by atomic mass is 10.3. The van der Waals surface area contributed by atoms with Gasteiger partial charge in [-0.2, -0.15) is 23.4 Å². The standard InChI is InChI=1S/C9H9ClN6O3S/c10-7-14-8(12)16-9(15-7)13-5-1-4(11)2-6(3-5)20(17,18)19/h1-3H,11H2,(H,17,18,19)(H3,12,13,14,15,16). The number of hydrogen-bond donors (Lipinski definition) is 4. The smallest absolute Gasteiger partial charge is 0.294 e. The van der Waals surface area contributed by atoms with Crippen molar-refractivity contribution in [2.45, 2.75) is 4.90 Å². The van der Waals surface area contributed by atoms with Crippen LogP contribution in [0.15, 0.2) is 23.1 Å². The highest BCUT2D eigenvalue weighted by Crippen LogP contribution is 2.22. The summed E-state index contributed by atoms with van der Waals surface area (Å²) in [6.07, 6.45) is 0. The third kappa shape index (κ3) is 3.44. The second-order valence-corrected chi connectivity index (χ2v) is 5.44. The molecule has 0 unspecified atom stereocenters. The van der Waals surface area contributed by atoms with Crippen molar-refractivity contribution in [1.29, 1.82) is 0 Å². The van der Waals surface area contributed by atoms with Gasteiger partial charge in [0.05, 0.1) is 4.90 Å². The van der Waals surface area contributed by atoms with Crippen LogP contribution < -0.4 is 16.8 Å². The third-order valence-electron chi connectivity index (χ3n) is 2.11. The van der Waals surface area contributed by atoms with E-state index in [1.807, 2.05) is 0 Å². The van der Waals surface area contributed by atoms with Gasteiger partial charge in [-0.25, -0.2) is 0 Å². The molecule has 9 nitrogen and oxygen atoms in total. The molecule has 11 heteroatoms. The lowest BCUT2D eigenvalue weighted by Gasteiger charge is -2.08. The van der Waals surface area contributed by atoms with E-state index in [4.69, 9.17) is 27.6 Å². The Labute approximate surface area is 118 Å². The van der Waals surface area contributed by atoms with E-state index in [-0.39, 0.29) is 33.5 Å². The number of halogens is 1. The van der Waals surface area contributed by atoms with Crippen molar-refractivity contribution in [3.05, 3.63) is 23.5 Å². The van der Waals surface area contributed by atoms with Crippen LogP contribution in [-0.2, 0) is 10.1 Å². The number of nitrogens with zero attached hydrogens (tertiary/aromatic N) is 3. The number of rotatable bonds is 3. The predicted molar refractivity (Wildman–Crippen MR) is 73.2 cm³/mol. The zero-order chi connectivity index (χ0) is 14.9. The number of nitrogens with one attached hydrogen (secondary N) is 1. The molecule has 1 aromatic heterocycles. The Hall–Kier alpha value is -2.17. The van der Waals surface area contributed by atoms with Gasteiger partial charge in [-0.1, -0.05) is 0 Å². The number of nitrogens with two attached hydrogens (primary N) is 2. The van der Waals surface area contributed by atoms with Crippen LogP contribution in [0, 0.1) is 0 Å². The molecule has 2 aromatic rings. The highest BCUT2D eigenvalue weighted by atomic mass is 35.5. The Morgan fingerprint density at radius 3 is 2.45 bits per heavy atom. The quantitative estimate of drug-likeness (QED) is 0.472. The van der Waals surface area contributed by atoms with Crippen LogP contribution in [0.2, 0.25) is 5.28 Å². The lowest BCUT2D eigenvalue weighted by molar-refractivity contribution is 0.483. The minimum Gasteiger partial charge on any atom is -0.399 e. The molecule has 20 heavy (non-hydrogen) atoms. The van der Waals surface area contributed by atoms with Gasteiger partial charge in [0.15, 0.2) is 0 Å². The molecular weight excluding hydrogens is 308 g/mol. The van der Waals surface area contributed by atoms with Crippen LogP contribution in [0.1, 0.15) is 0 Å². The van der Waals surface area contributed by atoms with Crippen molar-refractivity contribution in [1.82, 2.24) is 15.0 Å². The highest BCUT2D eigenvalue weighted by Gasteiger charge is 2.12. The maximum Gasteiger partial charge on any atom is 0.294 e. The van der Waals surface area contributed by atoms with Crippen LogP contribution >= 0.6 is 11.6 Å². The van der Waals surface area contributed by atoms with Gasteiger partial charge in [0.1, 0.15) is 0 Å². The van der Waals surface area contributed by atoms with Crippen LogP contribution in [0.25, 0.3) is 0 Å². The van der Waals surface area contributed by atoms with E-state index in [1.54, 1.807) is 0 Å². The maximum absolute atomic E-state index is 11.1. The summed E-state index contributed by atoms with van der Waals surface area (Å²) in [6.45, 7) is 0. The molecule has 0 fully saturated rings. The molecule has 0 aliphatic heterocycles. The monoisotopic (exact) mass is 316 g/mol. The van der Waals surface area contributed by atoms with Crippen LogP contribution in [0.3, 0.4) is 0 Å². The molecule has 1 aromatic carbocycles. The molecule has 0 bridgehead atoms. The van der Waals surface area contributed by atoms with E-state index in [0.29, 0.717) is 0 Å². The molecule has 0 atom stereocenters. The van der Waals surface area contributed by atoms with Crippen molar-refractivity contribution in [3.63, 3.8) is 0 Å². The second kappa shape index (κ2) is 5.07. The van der Waals surface area contributed by atoms with Crippen LogP contribution in [0.5, 0.6) is 0 Å². The first-order valence-electron chi connectivity index (χ1n) is 5.06. The fraction of sp³-hybridized carbons (Fsp3) is 0. The number of benzene rings is 1. The Kier molecular flexibility index (Phi) is 3.61. The summed E-state index contributed by atoms with van der Waals surface area (Å²) in [4.78, 5) is 10.7. The topological polar surface area (TPSA) is 157 Å². The van der Waals surface area contributed by atoms with Crippen molar-refractivity contribution in [2.24, 2.45) is 0 Å². The normalized spacial score (nSPS) is 11.3. The third-order valence-corrected chi connectivity index (χ3v) is 3.11. The number of aromatic nitrogens is 3. The predicted octanol–water partition coefficient (Wildman–Crippen LogP) is 0.680. The molecule has 0 amide bonds. The molecule has 0 saturated carbocycles. The SMILES string of the molecule is Nc1cc(Nc2nc(N)nc(Cl)n2)cc(S(=O)(=O)O)c1. The molecule has 6 N–H and O–H groups in total. The minimum absolute atomic E-state index is 0.00869. The van der Waals surface area contributed by atoms with E-state index in [2.05, 4.69) is 20.3 Å². The molecule has 2 rings (SSSR count). The van der Waals surface area contributed by atoms with Crippen LogP contribution in [-0.4, -0.2) is 27.9 Å². The van der Waals surface area contributed by atoms with E-state index < -0.39 is 10.1 Å². The maximum atomic E-state index is 11.1. The zero-order valence-electron chi connectivity index (χ0n) is 9.78. The van der Waals surface area contributed by atoms with Crippen LogP contribution in [0.4, 0.5) is 23.3 Å². The lowest BCUT2D eigenvalue weighted by Crippen LogP contribution is -2.05. The summed E-state index contributed by atoms with van der Waals surface area (Å²) in [5, 5.41) is 2.53. The summed E-state index contributed by atoms with van der Waals surface area (Å²) in [5.41, 5.74) is 11.3. The average molecular weight is 317 g/mol. The van der Waals surface area contributed by atoms with Gasteiger partial charge in [0.25, 0.3) is 10.1 Å². The van der Waals surface area contributed by atoms with Gasteiger partial charge in [-0.05, 0) is 29.8 Å². The van der Waals surface area contributed by atoms with Crippen molar-refractivity contribution < 1.29 is 13.0 Å². The fourth-order valence-electron chi connectivity index (χ4n) is 1.39. The van der Waals surface area contributed by atoms with Crippen molar-refractivity contribution >= 4 is 45.0 Å². The van der Waals surface area contributed by atoms with Gasteiger partial charge in [-0.3, -0.25) is 4.55 Å². The first-order chi connectivity index (χ1) is 9.24. The van der Waals surface area contributed by atoms with Crippen molar-refractivity contribution in [2.75, 3.05) is 16.8 Å². The molecule has 0 spiro atoms. The molecule has 0 aliphatic rings. The summed E-state index contributed by atoms with van der Waals surface area (Å²) in [5.74, 6) is -0.0965. The van der Waals surface area contributed by atoms with Gasteiger partial charge >= 0.3 is 0 Å². The molecular formula is C9H9ClN6O3S. The number of anilines is 4. The first kappa shape index (κ1) is 14.2. The van der Waals surface area contributed by atoms with E-state index in [9.17, 15) is 8.42 Å². The summed E-state index contributed by atoms with van der Waals surface area (Å²) < 4.78 is 31.2. The van der Waals surface area contributed by atoms with Gasteiger partial charge in [0.2, 0.25) is 17.2 Å². The summed E-state index contributed by atoms with van der Waals surface area (Å²) in [7, 11) is -4.38. The van der Waals surface area contributed by atoms with Crippen molar-refractivity contribution in [3.8, 4) is 0 Å². The zero-order valence-corrected chi connectivity index (χ0v) is 11.4. The highest BCUT2D eigenvalue weighted by molar-refractivity contribution is 7.85. The molecule has 0 aliphatic carbocycles. The number of hydrogen-bond acceptors (Lipinski definition) is 8. The summed E-state index contributed by atoms with van der Waals surface area (Å²) >= 11 is 5.61. The molecule has 1 heterocycles. The van der Waals surface area contributed by atoms with E-state index in [1.165, 1.54) is 6.07 Å². The minimum atomic E-state index is -4.38. The first-order valence-corrected chi connectivity index (χ1v) is 6.88. The Morgan fingerprint density at radius 2 is 1.85 bits per heavy atom. The average Bonchev–Trinajstić information content (AvgIpc) is 2.25. The van der Waals surface area contributed by atoms with Gasteiger partial charge in [0, 0.05) is 11.4 Å². The molecule has 0 radical (unpaired) electrons. The molecule has 0 saturated heterocycles. The summed E-state index contributed by atoms with van der Waals surface area (Å²) in [6, 6.07) is 3.68. The number of nitrogen functional groups attached to an aromatic ring is 2. The largest absolute Gasteiger partial charge is 0.399 e. The van der Waals surface area contributed by atoms with E-state index >= 15 is 0 Å². The van der Waals surface area contributed by atoms with Gasteiger partial charge < -0.3 is 16.8 Å². The Morgan fingerprint density at radius 1 is 1.15 bits per heavy atom. The Balaban J connectivity index is 2.41. The van der Waals surface area contributed by atoms with E-state index in [0.717, 1.165) is 12.1 Å². The second-order valence-electron chi connectivity index (χ2n) is 3.68. The molecule has 106 valence electrons. The van der Waals surface area contributed by atoms with Gasteiger partial charge in [-0.15, -0.1) is 0 Å².